The third kappa shape index (κ3) is 4.42. The fourth-order valence-electron chi connectivity index (χ4n) is 4.77. The summed E-state index contributed by atoms with van der Waals surface area (Å²) in [5.41, 5.74) is 3.56. The van der Waals surface area contributed by atoms with E-state index >= 15 is 0 Å². The fourth-order valence-corrected chi connectivity index (χ4v) is 6.02. The quantitative estimate of drug-likeness (QED) is 0.426. The van der Waals surface area contributed by atoms with E-state index in [1.165, 1.54) is 6.07 Å². The maximum atomic E-state index is 14.0. The molecule has 0 bridgehead atoms. The summed E-state index contributed by atoms with van der Waals surface area (Å²) in [6, 6.07) is 6.44. The Labute approximate surface area is 200 Å². The van der Waals surface area contributed by atoms with Gasteiger partial charge >= 0.3 is 0 Å². The van der Waals surface area contributed by atoms with Gasteiger partial charge in [0.25, 0.3) is 5.56 Å². The van der Waals surface area contributed by atoms with Gasteiger partial charge in [-0.25, -0.2) is 13.8 Å². The summed E-state index contributed by atoms with van der Waals surface area (Å²) in [6.07, 6.45) is 4.80. The van der Waals surface area contributed by atoms with Crippen LogP contribution in [0.3, 0.4) is 0 Å². The predicted molar refractivity (Wildman–Crippen MR) is 129 cm³/mol. The molecular formula is C25H27F2N5OS. The number of rotatable bonds is 7. The average Bonchev–Trinajstić information content (AvgIpc) is 3.34. The van der Waals surface area contributed by atoms with Gasteiger partial charge in [-0.2, -0.15) is 5.10 Å². The molecule has 1 unspecified atom stereocenters. The summed E-state index contributed by atoms with van der Waals surface area (Å²) in [6.45, 7) is 5.63. The predicted octanol–water partition coefficient (Wildman–Crippen LogP) is 4.29. The average molecular weight is 484 g/mol. The molecule has 0 radical (unpaired) electrons. The topological polar surface area (TPSA) is 64.7 Å². The van der Waals surface area contributed by atoms with E-state index in [1.54, 1.807) is 28.3 Å². The molecule has 178 valence electrons. The zero-order valence-electron chi connectivity index (χ0n) is 19.3. The molecule has 1 aliphatic rings. The van der Waals surface area contributed by atoms with Crippen molar-refractivity contribution in [2.24, 2.45) is 0 Å². The smallest absolute Gasteiger partial charge is 0.262 e. The Morgan fingerprint density at radius 1 is 1.24 bits per heavy atom. The van der Waals surface area contributed by atoms with Gasteiger partial charge in [-0.15, -0.1) is 11.3 Å². The molecule has 0 saturated carbocycles. The normalized spacial score (nSPS) is 15.7. The molecule has 0 fully saturated rings. The van der Waals surface area contributed by atoms with Crippen molar-refractivity contribution in [3.8, 4) is 0 Å². The molecule has 4 aromatic rings. The molecule has 1 aromatic carbocycles. The van der Waals surface area contributed by atoms with E-state index in [0.29, 0.717) is 12.1 Å². The number of hydrogen-bond acceptors (Lipinski definition) is 5. The van der Waals surface area contributed by atoms with E-state index in [4.69, 9.17) is 0 Å². The van der Waals surface area contributed by atoms with Gasteiger partial charge in [0.1, 0.15) is 4.83 Å². The second kappa shape index (κ2) is 9.38. The van der Waals surface area contributed by atoms with Crippen molar-refractivity contribution in [2.45, 2.75) is 65.2 Å². The molecule has 1 atom stereocenters. The Morgan fingerprint density at radius 2 is 2.09 bits per heavy atom. The number of benzene rings is 1. The molecule has 0 aliphatic heterocycles. The molecule has 34 heavy (non-hydrogen) atoms. The van der Waals surface area contributed by atoms with Crippen molar-refractivity contribution < 1.29 is 8.78 Å². The highest BCUT2D eigenvalue weighted by Gasteiger charge is 2.25. The highest BCUT2D eigenvalue weighted by Crippen LogP contribution is 2.33. The van der Waals surface area contributed by atoms with Gasteiger partial charge in [0.15, 0.2) is 11.6 Å². The van der Waals surface area contributed by atoms with Gasteiger partial charge in [-0.3, -0.25) is 14.0 Å². The van der Waals surface area contributed by atoms with Gasteiger partial charge in [0, 0.05) is 41.8 Å². The van der Waals surface area contributed by atoms with Gasteiger partial charge < -0.3 is 5.32 Å². The number of nitrogens with one attached hydrogen (secondary N) is 1. The molecule has 3 heterocycles. The first-order valence-corrected chi connectivity index (χ1v) is 12.4. The Kier molecular flexibility index (Phi) is 6.31. The van der Waals surface area contributed by atoms with Gasteiger partial charge in [0.05, 0.1) is 17.4 Å². The zero-order valence-corrected chi connectivity index (χ0v) is 20.1. The molecule has 0 saturated heterocycles. The first-order valence-electron chi connectivity index (χ1n) is 11.6. The lowest BCUT2D eigenvalue weighted by molar-refractivity contribution is 0.445. The molecular weight excluding hydrogens is 456 g/mol. The highest BCUT2D eigenvalue weighted by atomic mass is 32.1. The first kappa shape index (κ1) is 22.9. The molecule has 1 aliphatic carbocycles. The second-order valence-electron chi connectivity index (χ2n) is 8.96. The standard InChI is InChI=1S/C25H27F2N5OS/c1-15-11-16(2)32(30-15)10-4-9-31-14-29-24-22(25(31)33)19-8-7-18(12-21(19)34-24)28-13-17-5-3-6-20(26)23(17)27/h3,5-6,11,14,18,28H,4,7-10,12-13H2,1-2H3. The van der Waals surface area contributed by atoms with Crippen molar-refractivity contribution in [1.82, 2.24) is 24.6 Å². The van der Waals surface area contributed by atoms with Crippen molar-refractivity contribution in [1.29, 1.82) is 0 Å². The minimum Gasteiger partial charge on any atom is -0.309 e. The fraction of sp³-hybridized carbons (Fsp3) is 0.400. The Hall–Kier alpha value is -2.91. The number of nitrogens with zero attached hydrogens (tertiary/aromatic N) is 4. The number of aromatic nitrogens is 4. The van der Waals surface area contributed by atoms with E-state index < -0.39 is 11.6 Å². The first-order chi connectivity index (χ1) is 16.4. The summed E-state index contributed by atoms with van der Waals surface area (Å²) in [4.78, 5) is 19.8. The van der Waals surface area contributed by atoms with Crippen molar-refractivity contribution in [3.63, 3.8) is 0 Å². The number of thiophene rings is 1. The summed E-state index contributed by atoms with van der Waals surface area (Å²) in [7, 11) is 0. The lowest BCUT2D eigenvalue weighted by atomic mass is 9.93. The molecule has 6 nitrogen and oxygen atoms in total. The number of fused-ring (bicyclic) bond motifs is 3. The molecule has 9 heteroatoms. The Bertz CT molecular complexity index is 1410. The lowest BCUT2D eigenvalue weighted by Crippen LogP contribution is -2.34. The minimum atomic E-state index is -0.827. The second-order valence-corrected chi connectivity index (χ2v) is 10.0. The SMILES string of the molecule is Cc1cc(C)n(CCCn2cnc3sc4c(c3c2=O)CCC(NCc2cccc(F)c2F)C4)n1. The maximum Gasteiger partial charge on any atom is 0.262 e. The van der Waals surface area contributed by atoms with Crippen LogP contribution in [0.15, 0.2) is 35.4 Å². The molecule has 0 amide bonds. The van der Waals surface area contributed by atoms with Crippen LogP contribution < -0.4 is 10.9 Å². The van der Waals surface area contributed by atoms with Crippen LogP contribution in [-0.4, -0.2) is 25.4 Å². The van der Waals surface area contributed by atoms with Crippen LogP contribution in [0.1, 0.15) is 40.2 Å². The maximum absolute atomic E-state index is 14.0. The largest absolute Gasteiger partial charge is 0.309 e. The van der Waals surface area contributed by atoms with E-state index in [2.05, 4.69) is 15.4 Å². The van der Waals surface area contributed by atoms with Crippen LogP contribution in [0, 0.1) is 25.5 Å². The van der Waals surface area contributed by atoms with Gasteiger partial charge in [-0.1, -0.05) is 12.1 Å². The van der Waals surface area contributed by atoms with Crippen LogP contribution in [0.4, 0.5) is 8.78 Å². The van der Waals surface area contributed by atoms with Gasteiger partial charge in [0.2, 0.25) is 0 Å². The van der Waals surface area contributed by atoms with E-state index in [9.17, 15) is 13.6 Å². The summed E-state index contributed by atoms with van der Waals surface area (Å²) < 4.78 is 31.1. The Morgan fingerprint density at radius 3 is 2.88 bits per heavy atom. The van der Waals surface area contributed by atoms with Crippen LogP contribution in [-0.2, 0) is 32.5 Å². The van der Waals surface area contributed by atoms with Crippen LogP contribution >= 0.6 is 11.3 Å². The Balaban J connectivity index is 1.28. The van der Waals surface area contributed by atoms with Crippen molar-refractivity contribution in [2.75, 3.05) is 0 Å². The van der Waals surface area contributed by atoms with Crippen LogP contribution in [0.2, 0.25) is 0 Å². The lowest BCUT2D eigenvalue weighted by Gasteiger charge is -2.23. The number of hydrogen-bond donors (Lipinski definition) is 1. The third-order valence-electron chi connectivity index (χ3n) is 6.52. The molecule has 1 N–H and O–H groups in total. The van der Waals surface area contributed by atoms with Crippen molar-refractivity contribution >= 4 is 21.6 Å². The number of halogens is 2. The summed E-state index contributed by atoms with van der Waals surface area (Å²) >= 11 is 1.57. The third-order valence-corrected chi connectivity index (χ3v) is 7.68. The van der Waals surface area contributed by atoms with E-state index in [-0.39, 0.29) is 18.1 Å². The number of aryl methyl sites for hydroxylation is 5. The molecule has 3 aromatic heterocycles. The van der Waals surface area contributed by atoms with Crippen LogP contribution in [0.25, 0.3) is 10.2 Å². The van der Waals surface area contributed by atoms with E-state index in [1.807, 2.05) is 24.6 Å². The zero-order chi connectivity index (χ0) is 23.8. The molecule has 0 spiro atoms. The highest BCUT2D eigenvalue weighted by molar-refractivity contribution is 7.18. The van der Waals surface area contributed by atoms with Crippen molar-refractivity contribution in [3.05, 3.63) is 80.0 Å². The van der Waals surface area contributed by atoms with Crippen LogP contribution in [0.5, 0.6) is 0 Å². The molecule has 5 rings (SSSR count). The van der Waals surface area contributed by atoms with E-state index in [0.717, 1.165) is 70.3 Å². The summed E-state index contributed by atoms with van der Waals surface area (Å²) in [5.74, 6) is -1.62. The summed E-state index contributed by atoms with van der Waals surface area (Å²) in [5, 5.41) is 8.58. The van der Waals surface area contributed by atoms with Gasteiger partial charge in [-0.05, 0) is 57.2 Å². The minimum absolute atomic E-state index is 0.0177. The monoisotopic (exact) mass is 483 g/mol.